The van der Waals surface area contributed by atoms with Crippen LogP contribution in [-0.4, -0.2) is 42.4 Å². The van der Waals surface area contributed by atoms with Gasteiger partial charge in [0.15, 0.2) is 0 Å². The molecule has 0 aromatic rings. The zero-order valence-corrected chi connectivity index (χ0v) is 10.2. The highest BCUT2D eigenvalue weighted by Gasteiger charge is 2.48. The molecule has 0 saturated heterocycles. The summed E-state index contributed by atoms with van der Waals surface area (Å²) in [7, 11) is 0. The second kappa shape index (κ2) is 5.12. The Hall–Kier alpha value is -0.650. The second-order valence-corrected chi connectivity index (χ2v) is 4.91. The van der Waals surface area contributed by atoms with Crippen molar-refractivity contribution in [1.29, 1.82) is 0 Å². The summed E-state index contributed by atoms with van der Waals surface area (Å²) in [6.07, 6.45) is 1.18. The smallest absolute Gasteiger partial charge is 0.321 e. The molecule has 0 radical (unpaired) electrons. The maximum Gasteiger partial charge on any atom is 0.321 e. The highest BCUT2D eigenvalue weighted by molar-refractivity contribution is 5.73. The summed E-state index contributed by atoms with van der Waals surface area (Å²) in [5.74, 6) is -0.967. The van der Waals surface area contributed by atoms with Crippen LogP contribution in [0.4, 0.5) is 0 Å². The monoisotopic (exact) mass is 230 g/mol. The SMILES string of the molecule is CCOC1CC(NCC(N)C(=O)O)C1(C)C. The average Bonchev–Trinajstić information content (AvgIpc) is 2.21. The lowest BCUT2D eigenvalue weighted by atomic mass is 9.64. The first-order valence-corrected chi connectivity index (χ1v) is 5.73. The summed E-state index contributed by atoms with van der Waals surface area (Å²) in [6, 6.07) is -0.545. The van der Waals surface area contributed by atoms with Crippen LogP contribution in [0.5, 0.6) is 0 Å². The highest BCUT2D eigenvalue weighted by Crippen LogP contribution is 2.42. The third-order valence-electron chi connectivity index (χ3n) is 3.45. The summed E-state index contributed by atoms with van der Waals surface area (Å²) < 4.78 is 5.59. The number of carbonyl (C=O) groups is 1. The molecule has 0 aromatic carbocycles. The molecule has 0 heterocycles. The van der Waals surface area contributed by atoms with Gasteiger partial charge in [-0.1, -0.05) is 13.8 Å². The Kier molecular flexibility index (Phi) is 4.29. The van der Waals surface area contributed by atoms with E-state index >= 15 is 0 Å². The van der Waals surface area contributed by atoms with Crippen LogP contribution in [0.15, 0.2) is 0 Å². The number of nitrogens with one attached hydrogen (secondary N) is 1. The molecular formula is C11H22N2O3. The average molecular weight is 230 g/mol. The van der Waals surface area contributed by atoms with Crippen molar-refractivity contribution in [3.63, 3.8) is 0 Å². The molecule has 1 fully saturated rings. The highest BCUT2D eigenvalue weighted by atomic mass is 16.5. The van der Waals surface area contributed by atoms with Crippen LogP contribution in [0.2, 0.25) is 0 Å². The van der Waals surface area contributed by atoms with Crippen molar-refractivity contribution in [2.45, 2.75) is 45.4 Å². The summed E-state index contributed by atoms with van der Waals surface area (Å²) in [4.78, 5) is 10.6. The normalized spacial score (nSPS) is 29.5. The van der Waals surface area contributed by atoms with E-state index in [0.29, 0.717) is 6.54 Å². The molecule has 0 bridgehead atoms. The van der Waals surface area contributed by atoms with Gasteiger partial charge in [-0.25, -0.2) is 0 Å². The lowest BCUT2D eigenvalue weighted by Gasteiger charge is -2.52. The fraction of sp³-hybridized carbons (Fsp3) is 0.909. The lowest BCUT2D eigenvalue weighted by molar-refractivity contribution is -0.139. The van der Waals surface area contributed by atoms with Crippen molar-refractivity contribution in [2.24, 2.45) is 11.1 Å². The Morgan fingerprint density at radius 3 is 2.75 bits per heavy atom. The molecule has 5 heteroatoms. The number of hydrogen-bond acceptors (Lipinski definition) is 4. The van der Waals surface area contributed by atoms with Gasteiger partial charge in [0.25, 0.3) is 0 Å². The Bertz CT molecular complexity index is 256. The summed E-state index contributed by atoms with van der Waals surface area (Å²) >= 11 is 0. The molecule has 0 spiro atoms. The Labute approximate surface area is 96.3 Å². The van der Waals surface area contributed by atoms with Crippen LogP contribution in [0.25, 0.3) is 0 Å². The number of nitrogens with two attached hydrogens (primary N) is 1. The van der Waals surface area contributed by atoms with Gasteiger partial charge in [-0.15, -0.1) is 0 Å². The van der Waals surface area contributed by atoms with Crippen LogP contribution in [0.3, 0.4) is 0 Å². The van der Waals surface area contributed by atoms with Crippen LogP contribution in [-0.2, 0) is 9.53 Å². The van der Waals surface area contributed by atoms with E-state index in [0.717, 1.165) is 13.0 Å². The summed E-state index contributed by atoms with van der Waals surface area (Å²) in [5, 5.41) is 11.9. The fourth-order valence-corrected chi connectivity index (χ4v) is 2.07. The number of carboxylic acid groups (broad SMARTS) is 1. The van der Waals surface area contributed by atoms with E-state index in [1.165, 1.54) is 0 Å². The molecule has 3 atom stereocenters. The Morgan fingerprint density at radius 2 is 2.31 bits per heavy atom. The van der Waals surface area contributed by atoms with E-state index in [1.54, 1.807) is 0 Å². The molecule has 94 valence electrons. The largest absolute Gasteiger partial charge is 0.480 e. The quantitative estimate of drug-likeness (QED) is 0.606. The van der Waals surface area contributed by atoms with Gasteiger partial charge in [0.1, 0.15) is 6.04 Å². The maximum absolute atomic E-state index is 10.6. The van der Waals surface area contributed by atoms with Gasteiger partial charge in [-0.3, -0.25) is 4.79 Å². The Morgan fingerprint density at radius 1 is 1.69 bits per heavy atom. The molecule has 1 aliphatic rings. The number of aliphatic carboxylic acids is 1. The number of carboxylic acids is 1. The third kappa shape index (κ3) is 2.72. The van der Waals surface area contributed by atoms with Crippen molar-refractivity contribution in [3.05, 3.63) is 0 Å². The van der Waals surface area contributed by atoms with E-state index < -0.39 is 12.0 Å². The fourth-order valence-electron chi connectivity index (χ4n) is 2.07. The van der Waals surface area contributed by atoms with Crippen LogP contribution >= 0.6 is 0 Å². The molecule has 5 nitrogen and oxygen atoms in total. The van der Waals surface area contributed by atoms with E-state index in [-0.39, 0.29) is 17.6 Å². The molecule has 1 saturated carbocycles. The molecule has 4 N–H and O–H groups in total. The van der Waals surface area contributed by atoms with Gasteiger partial charge in [0.2, 0.25) is 0 Å². The topological polar surface area (TPSA) is 84.6 Å². The summed E-state index contributed by atoms with van der Waals surface area (Å²) in [6.45, 7) is 7.26. The molecule has 0 amide bonds. The number of hydrogen-bond donors (Lipinski definition) is 3. The first-order valence-electron chi connectivity index (χ1n) is 5.73. The predicted octanol–water partition coefficient (Wildman–Crippen LogP) is 0.192. The van der Waals surface area contributed by atoms with Gasteiger partial charge in [0, 0.05) is 24.6 Å². The summed E-state index contributed by atoms with van der Waals surface area (Å²) in [5.41, 5.74) is 5.48. The minimum absolute atomic E-state index is 0.0498. The van der Waals surface area contributed by atoms with Gasteiger partial charge in [-0.2, -0.15) is 0 Å². The first-order chi connectivity index (χ1) is 7.39. The molecule has 1 aliphatic carbocycles. The standard InChI is InChI=1S/C11H22N2O3/c1-4-16-9-5-8(11(9,2)3)13-6-7(12)10(14)15/h7-9,13H,4-6,12H2,1-3H3,(H,14,15). The van der Waals surface area contributed by atoms with Crippen molar-refractivity contribution < 1.29 is 14.6 Å². The van der Waals surface area contributed by atoms with Crippen molar-refractivity contribution in [2.75, 3.05) is 13.2 Å². The van der Waals surface area contributed by atoms with Gasteiger partial charge < -0.3 is 20.9 Å². The van der Waals surface area contributed by atoms with Crippen LogP contribution in [0.1, 0.15) is 27.2 Å². The second-order valence-electron chi connectivity index (χ2n) is 4.91. The predicted molar refractivity (Wildman–Crippen MR) is 61.2 cm³/mol. The van der Waals surface area contributed by atoms with E-state index in [2.05, 4.69) is 19.2 Å². The molecule has 1 rings (SSSR count). The number of rotatable bonds is 6. The zero-order chi connectivity index (χ0) is 12.3. The van der Waals surface area contributed by atoms with Crippen LogP contribution in [0, 0.1) is 5.41 Å². The molecule has 16 heavy (non-hydrogen) atoms. The van der Waals surface area contributed by atoms with Crippen molar-refractivity contribution in [3.8, 4) is 0 Å². The zero-order valence-electron chi connectivity index (χ0n) is 10.2. The number of ether oxygens (including phenoxy) is 1. The molecule has 0 aliphatic heterocycles. The maximum atomic E-state index is 10.6. The Balaban J connectivity index is 2.33. The third-order valence-corrected chi connectivity index (χ3v) is 3.45. The van der Waals surface area contributed by atoms with E-state index in [1.807, 2.05) is 6.92 Å². The van der Waals surface area contributed by atoms with Gasteiger partial charge in [0.05, 0.1) is 6.10 Å². The van der Waals surface area contributed by atoms with Crippen LogP contribution < -0.4 is 11.1 Å². The minimum Gasteiger partial charge on any atom is -0.480 e. The van der Waals surface area contributed by atoms with Crippen molar-refractivity contribution >= 4 is 5.97 Å². The van der Waals surface area contributed by atoms with Gasteiger partial charge in [-0.05, 0) is 13.3 Å². The molecule has 0 aromatic heterocycles. The molecular weight excluding hydrogens is 208 g/mol. The minimum atomic E-state index is -0.967. The van der Waals surface area contributed by atoms with E-state index in [4.69, 9.17) is 15.6 Å². The molecule has 3 unspecified atom stereocenters. The first kappa shape index (κ1) is 13.4. The lowest BCUT2D eigenvalue weighted by Crippen LogP contribution is -2.62. The van der Waals surface area contributed by atoms with E-state index in [9.17, 15) is 4.79 Å². The van der Waals surface area contributed by atoms with Gasteiger partial charge >= 0.3 is 5.97 Å². The van der Waals surface area contributed by atoms with Crippen molar-refractivity contribution in [1.82, 2.24) is 5.32 Å².